The Morgan fingerprint density at radius 1 is 1.13 bits per heavy atom. The highest BCUT2D eigenvalue weighted by Gasteiger charge is 2.44. The van der Waals surface area contributed by atoms with E-state index >= 15 is 0 Å². The molecule has 0 bridgehead atoms. The number of aliphatic hydroxyl groups is 2. The van der Waals surface area contributed by atoms with Gasteiger partial charge in [0.2, 0.25) is 10.4 Å². The highest BCUT2D eigenvalue weighted by atomic mass is 32.3. The van der Waals surface area contributed by atoms with E-state index in [0.29, 0.717) is 6.42 Å². The molecule has 176 valence electrons. The molecule has 0 aliphatic heterocycles. The minimum atomic E-state index is -5.05. The lowest BCUT2D eigenvalue weighted by molar-refractivity contribution is -0.319. The van der Waals surface area contributed by atoms with E-state index in [9.17, 15) is 46.1 Å². The van der Waals surface area contributed by atoms with Crippen molar-refractivity contribution in [1.29, 1.82) is 0 Å². The molecule has 2 fully saturated rings. The van der Waals surface area contributed by atoms with Crippen molar-refractivity contribution in [2.45, 2.75) is 63.1 Å². The Balaban J connectivity index is 2.26. The van der Waals surface area contributed by atoms with Crippen LogP contribution in [0.2, 0.25) is 0 Å². The second-order valence-corrected chi connectivity index (χ2v) is 10.0. The van der Waals surface area contributed by atoms with Crippen LogP contribution in [0, 0.1) is 17.8 Å². The number of rotatable bonds is 8. The molecule has 8 atom stereocenters. The van der Waals surface area contributed by atoms with E-state index in [4.69, 9.17) is 4.74 Å². The fraction of sp³-hybridized carbons (Fsp3) is 0.933. The average molecular weight is 474 g/mol. The van der Waals surface area contributed by atoms with E-state index in [1.807, 2.05) is 0 Å². The fourth-order valence-electron chi connectivity index (χ4n) is 4.05. The van der Waals surface area contributed by atoms with Crippen LogP contribution < -0.4 is 9.83 Å². The van der Waals surface area contributed by atoms with Crippen molar-refractivity contribution >= 4 is 26.7 Å². The summed E-state index contributed by atoms with van der Waals surface area (Å²) in [5.41, 5.74) is 0. The average Bonchev–Trinajstić information content (AvgIpc) is 2.58. The third-order valence-electron chi connectivity index (χ3n) is 5.57. The van der Waals surface area contributed by atoms with Crippen molar-refractivity contribution < 1.29 is 55.0 Å². The maximum absolute atomic E-state index is 11.5. The number of hydrogen-bond donors (Lipinski definition) is 3. The molecular formula is C15H24NO12S2-3. The number of carboxylic acid groups (broad SMARTS) is 1. The highest BCUT2D eigenvalue weighted by molar-refractivity contribution is 7.83. The van der Waals surface area contributed by atoms with E-state index in [-0.39, 0.29) is 25.2 Å². The van der Waals surface area contributed by atoms with Gasteiger partial charge in [0.15, 0.2) is 10.3 Å². The van der Waals surface area contributed by atoms with Gasteiger partial charge in [0, 0.05) is 11.9 Å². The van der Waals surface area contributed by atoms with Gasteiger partial charge < -0.3 is 34.0 Å². The van der Waals surface area contributed by atoms with Gasteiger partial charge in [-0.3, -0.25) is 4.18 Å². The zero-order valence-corrected chi connectivity index (χ0v) is 17.6. The predicted octanol–water partition coefficient (Wildman–Crippen LogP) is -3.44. The van der Waals surface area contributed by atoms with Crippen molar-refractivity contribution in [3.63, 3.8) is 0 Å². The molecule has 0 aromatic rings. The lowest BCUT2D eigenvalue weighted by Crippen LogP contribution is -2.59. The lowest BCUT2D eigenvalue weighted by Gasteiger charge is -2.46. The van der Waals surface area contributed by atoms with Gasteiger partial charge in [-0.2, -0.15) is 0 Å². The number of nitrogens with one attached hydrogen (secondary N) is 1. The molecule has 2 rings (SSSR count). The SMILES string of the molecule is CC1CCC(C(=O)[O-])[C@H](O[C@@H]2CC(COS(=O)(=O)[O-])C[C@H](O)C2NS(=O)(=O)[O-])[C@@H]1O. The highest BCUT2D eigenvalue weighted by Crippen LogP contribution is 2.36. The van der Waals surface area contributed by atoms with E-state index in [1.54, 1.807) is 11.6 Å². The third-order valence-corrected chi connectivity index (χ3v) is 6.55. The molecule has 13 nitrogen and oxygen atoms in total. The first-order chi connectivity index (χ1) is 13.7. The predicted molar refractivity (Wildman–Crippen MR) is 92.6 cm³/mol. The Hall–Kier alpha value is -0.910. The molecule has 0 saturated heterocycles. The zero-order chi connectivity index (χ0) is 22.9. The largest absolute Gasteiger partial charge is 0.735 e. The van der Waals surface area contributed by atoms with Crippen molar-refractivity contribution in [2.75, 3.05) is 6.61 Å². The number of aliphatic carboxylic acids is 1. The summed E-state index contributed by atoms with van der Waals surface area (Å²) < 4.78 is 77.2. The summed E-state index contributed by atoms with van der Waals surface area (Å²) in [5.74, 6) is -3.85. The molecule has 3 N–H and O–H groups in total. The number of carbonyl (C=O) groups excluding carboxylic acids is 1. The topological polar surface area (TPSA) is 225 Å². The number of carboxylic acids is 1. The first kappa shape index (κ1) is 25.4. The van der Waals surface area contributed by atoms with E-state index in [1.165, 1.54) is 0 Å². The summed E-state index contributed by atoms with van der Waals surface area (Å²) in [6, 6.07) is -1.49. The van der Waals surface area contributed by atoms with Crippen molar-refractivity contribution in [3.8, 4) is 0 Å². The smallest absolute Gasteiger partial charge is 0.217 e. The standard InChI is InChI=1S/C15H27NO12S2/c1-7-2-3-9(15(19)20)14(13(7)18)28-11-5-8(6-27-30(24,25)26)4-10(17)12(11)16-29(21,22)23/h7-14,16-18H,2-6H2,1H3,(H,19,20)(H,21,22,23)(H,24,25,26)/p-3/t7?,8?,9?,10-,11+,12?,13+,14-/m0/s1. The second-order valence-electron chi connectivity index (χ2n) is 7.81. The normalized spacial score (nSPS) is 38.3. The zero-order valence-electron chi connectivity index (χ0n) is 15.9. The summed E-state index contributed by atoms with van der Waals surface area (Å²) in [7, 11) is -10.1. The van der Waals surface area contributed by atoms with Gasteiger partial charge >= 0.3 is 0 Å². The Morgan fingerprint density at radius 2 is 1.77 bits per heavy atom. The lowest BCUT2D eigenvalue weighted by atomic mass is 9.77. The first-order valence-corrected chi connectivity index (χ1v) is 12.0. The van der Waals surface area contributed by atoms with Gasteiger partial charge in [-0.1, -0.05) is 6.92 Å². The Kier molecular flexibility index (Phi) is 8.20. The third kappa shape index (κ3) is 7.06. The van der Waals surface area contributed by atoms with E-state index in [0.717, 1.165) is 0 Å². The van der Waals surface area contributed by atoms with Crippen LogP contribution in [0.25, 0.3) is 0 Å². The molecule has 2 saturated carbocycles. The van der Waals surface area contributed by atoms with Crippen LogP contribution in [0.3, 0.4) is 0 Å². The minimum Gasteiger partial charge on any atom is -0.735 e. The van der Waals surface area contributed by atoms with Gasteiger partial charge in [0.1, 0.15) is 0 Å². The van der Waals surface area contributed by atoms with Gasteiger partial charge in [-0.25, -0.2) is 21.6 Å². The van der Waals surface area contributed by atoms with Gasteiger partial charge in [0.25, 0.3) is 0 Å². The van der Waals surface area contributed by atoms with Crippen LogP contribution in [0.5, 0.6) is 0 Å². The molecule has 0 amide bonds. The van der Waals surface area contributed by atoms with Gasteiger partial charge in [-0.05, 0) is 37.5 Å². The van der Waals surface area contributed by atoms with Crippen molar-refractivity contribution in [2.24, 2.45) is 17.8 Å². The van der Waals surface area contributed by atoms with Gasteiger partial charge in [-0.15, -0.1) is 0 Å². The molecule has 0 radical (unpaired) electrons. The summed E-state index contributed by atoms with van der Waals surface area (Å²) in [6.45, 7) is 1.03. The number of aliphatic hydroxyl groups excluding tert-OH is 2. The Bertz CT molecular complexity index is 815. The Labute approximate surface area is 174 Å². The monoisotopic (exact) mass is 474 g/mol. The first-order valence-electron chi connectivity index (χ1n) is 9.23. The molecule has 0 aromatic heterocycles. The molecule has 4 unspecified atom stereocenters. The molecule has 0 spiro atoms. The summed E-state index contributed by atoms with van der Waals surface area (Å²) in [5, 5.41) is 32.2. The van der Waals surface area contributed by atoms with Crippen LogP contribution in [-0.4, -0.2) is 79.2 Å². The Morgan fingerprint density at radius 3 is 2.30 bits per heavy atom. The molecule has 0 aromatic carbocycles. The quantitative estimate of drug-likeness (QED) is 0.231. The number of hydrogen-bond acceptors (Lipinski definition) is 12. The van der Waals surface area contributed by atoms with Crippen LogP contribution >= 0.6 is 0 Å². The summed E-state index contributed by atoms with van der Waals surface area (Å²) in [6.07, 6.45) is -5.32. The van der Waals surface area contributed by atoms with Crippen molar-refractivity contribution in [1.82, 2.24) is 4.72 Å². The van der Waals surface area contributed by atoms with Crippen LogP contribution in [0.4, 0.5) is 0 Å². The molecule has 2 aliphatic carbocycles. The van der Waals surface area contributed by atoms with Crippen molar-refractivity contribution in [3.05, 3.63) is 0 Å². The minimum absolute atomic E-state index is 0.124. The summed E-state index contributed by atoms with van der Waals surface area (Å²) in [4.78, 5) is 11.5. The van der Waals surface area contributed by atoms with Crippen LogP contribution in [0.15, 0.2) is 0 Å². The molecule has 0 heterocycles. The van der Waals surface area contributed by atoms with Crippen LogP contribution in [-0.2, 0) is 34.4 Å². The summed E-state index contributed by atoms with van der Waals surface area (Å²) >= 11 is 0. The molecule has 2 aliphatic rings. The van der Waals surface area contributed by atoms with Crippen LogP contribution in [0.1, 0.15) is 32.6 Å². The second kappa shape index (κ2) is 9.70. The maximum atomic E-state index is 11.5. The molecule has 15 heteroatoms. The maximum Gasteiger partial charge on any atom is 0.217 e. The molecular weight excluding hydrogens is 450 g/mol. The van der Waals surface area contributed by atoms with Gasteiger partial charge in [0.05, 0.1) is 37.1 Å². The number of ether oxygens (including phenoxy) is 1. The fourth-order valence-corrected chi connectivity index (χ4v) is 5.05. The van der Waals surface area contributed by atoms with E-state index in [2.05, 4.69) is 4.18 Å². The van der Waals surface area contributed by atoms with E-state index < -0.39 is 75.6 Å². The molecule has 30 heavy (non-hydrogen) atoms. The number of carbonyl (C=O) groups is 1.